The Labute approximate surface area is 183 Å². The minimum atomic E-state index is -0.608. The van der Waals surface area contributed by atoms with Gasteiger partial charge in [0.25, 0.3) is 0 Å². The number of hydrogen-bond donors (Lipinski definition) is 1. The summed E-state index contributed by atoms with van der Waals surface area (Å²) >= 11 is 12.3. The van der Waals surface area contributed by atoms with Gasteiger partial charge in [-0.3, -0.25) is 9.59 Å². The first-order valence-corrected chi connectivity index (χ1v) is 10.6. The molecule has 2 amide bonds. The van der Waals surface area contributed by atoms with Gasteiger partial charge in [-0.1, -0.05) is 73.4 Å². The van der Waals surface area contributed by atoms with E-state index in [0.717, 1.165) is 11.1 Å². The third kappa shape index (κ3) is 7.37. The molecule has 0 spiro atoms. The van der Waals surface area contributed by atoms with Crippen LogP contribution < -0.4 is 5.32 Å². The molecule has 0 fully saturated rings. The highest BCUT2D eigenvalue weighted by atomic mass is 35.5. The monoisotopic (exact) mass is 434 g/mol. The Balaban J connectivity index is 2.16. The topological polar surface area (TPSA) is 49.4 Å². The number of amides is 2. The summed E-state index contributed by atoms with van der Waals surface area (Å²) in [5.74, 6) is 0.0722. The largest absolute Gasteiger partial charge is 0.354 e. The predicted molar refractivity (Wildman–Crippen MR) is 119 cm³/mol. The average molecular weight is 435 g/mol. The van der Waals surface area contributed by atoms with Crippen LogP contribution in [0.4, 0.5) is 0 Å². The van der Waals surface area contributed by atoms with Gasteiger partial charge < -0.3 is 10.2 Å². The Morgan fingerprint density at radius 2 is 1.72 bits per heavy atom. The minimum Gasteiger partial charge on any atom is -0.354 e. The summed E-state index contributed by atoms with van der Waals surface area (Å²) < 4.78 is 0. The van der Waals surface area contributed by atoms with Crippen LogP contribution in [0.1, 0.15) is 38.3 Å². The Morgan fingerprint density at radius 3 is 2.34 bits per heavy atom. The van der Waals surface area contributed by atoms with Crippen molar-refractivity contribution >= 4 is 35.0 Å². The predicted octanol–water partition coefficient (Wildman–Crippen LogP) is 5.12. The molecule has 0 radical (unpaired) electrons. The smallest absolute Gasteiger partial charge is 0.242 e. The minimum absolute atomic E-state index is 0.0907. The van der Waals surface area contributed by atoms with Gasteiger partial charge in [-0.2, -0.15) is 0 Å². The first-order valence-electron chi connectivity index (χ1n) is 9.83. The zero-order chi connectivity index (χ0) is 21.4. The highest BCUT2D eigenvalue weighted by Gasteiger charge is 2.26. The second-order valence-corrected chi connectivity index (χ2v) is 8.40. The lowest BCUT2D eigenvalue weighted by Gasteiger charge is -2.29. The molecule has 1 atom stereocenters. The van der Waals surface area contributed by atoms with Gasteiger partial charge in [-0.25, -0.2) is 0 Å². The molecule has 0 aliphatic heterocycles. The number of hydrogen-bond acceptors (Lipinski definition) is 2. The fourth-order valence-electron chi connectivity index (χ4n) is 2.91. The summed E-state index contributed by atoms with van der Waals surface area (Å²) in [7, 11) is 0. The Morgan fingerprint density at radius 1 is 1.03 bits per heavy atom. The van der Waals surface area contributed by atoms with E-state index in [-0.39, 0.29) is 18.4 Å². The first-order chi connectivity index (χ1) is 13.8. The van der Waals surface area contributed by atoms with Crippen molar-refractivity contribution in [1.29, 1.82) is 0 Å². The van der Waals surface area contributed by atoms with Gasteiger partial charge in [0.05, 0.1) is 0 Å². The van der Waals surface area contributed by atoms with Crippen LogP contribution in [-0.4, -0.2) is 29.3 Å². The van der Waals surface area contributed by atoms with Crippen LogP contribution in [0, 0.1) is 5.92 Å². The van der Waals surface area contributed by atoms with Crippen molar-refractivity contribution in [1.82, 2.24) is 10.2 Å². The van der Waals surface area contributed by atoms with Crippen LogP contribution in [-0.2, 0) is 22.6 Å². The highest BCUT2D eigenvalue weighted by Crippen LogP contribution is 2.23. The van der Waals surface area contributed by atoms with Gasteiger partial charge >= 0.3 is 0 Å². The van der Waals surface area contributed by atoms with Gasteiger partial charge in [0.15, 0.2) is 0 Å². The van der Waals surface area contributed by atoms with Crippen LogP contribution in [0.25, 0.3) is 0 Å². The fraction of sp³-hybridized carbons (Fsp3) is 0.391. The number of rotatable bonds is 9. The fourth-order valence-corrected chi connectivity index (χ4v) is 3.38. The molecule has 0 aliphatic rings. The molecule has 2 rings (SSSR count). The van der Waals surface area contributed by atoms with E-state index in [1.165, 1.54) is 0 Å². The first kappa shape index (κ1) is 23.2. The molecule has 0 bridgehead atoms. The molecule has 0 aromatic heterocycles. The molecule has 4 nitrogen and oxygen atoms in total. The molecule has 0 heterocycles. The molecular formula is C23H28Cl2N2O2. The SMILES string of the molecule is CC(C)CNC(=O)[C@@H](C)N(Cc1ccc(Cl)cc1Cl)C(=O)CCc1ccccc1. The summed E-state index contributed by atoms with van der Waals surface area (Å²) in [6.07, 6.45) is 0.932. The van der Waals surface area contributed by atoms with Gasteiger partial charge in [-0.05, 0) is 42.5 Å². The van der Waals surface area contributed by atoms with E-state index in [2.05, 4.69) is 5.32 Å². The van der Waals surface area contributed by atoms with Crippen molar-refractivity contribution in [2.75, 3.05) is 6.54 Å². The van der Waals surface area contributed by atoms with Crippen molar-refractivity contribution in [3.8, 4) is 0 Å². The van der Waals surface area contributed by atoms with Crippen LogP contribution in [0.3, 0.4) is 0 Å². The molecule has 0 unspecified atom stereocenters. The molecule has 2 aromatic carbocycles. The van der Waals surface area contributed by atoms with Crippen molar-refractivity contribution in [3.05, 3.63) is 69.7 Å². The van der Waals surface area contributed by atoms with Crippen LogP contribution in [0.2, 0.25) is 10.0 Å². The lowest BCUT2D eigenvalue weighted by atomic mass is 10.1. The van der Waals surface area contributed by atoms with E-state index in [1.54, 1.807) is 30.0 Å². The van der Waals surface area contributed by atoms with Crippen molar-refractivity contribution < 1.29 is 9.59 Å². The maximum absolute atomic E-state index is 13.1. The third-order valence-electron chi connectivity index (χ3n) is 4.68. The van der Waals surface area contributed by atoms with Gasteiger partial charge in [0.2, 0.25) is 11.8 Å². The van der Waals surface area contributed by atoms with Crippen molar-refractivity contribution in [2.24, 2.45) is 5.92 Å². The summed E-state index contributed by atoms with van der Waals surface area (Å²) in [5.41, 5.74) is 1.84. The maximum atomic E-state index is 13.1. The van der Waals surface area contributed by atoms with E-state index < -0.39 is 6.04 Å². The zero-order valence-corrected chi connectivity index (χ0v) is 18.6. The molecule has 1 N–H and O–H groups in total. The molecule has 0 saturated heterocycles. The normalized spacial score (nSPS) is 11.9. The highest BCUT2D eigenvalue weighted by molar-refractivity contribution is 6.35. The van der Waals surface area contributed by atoms with Gasteiger partial charge in [0.1, 0.15) is 6.04 Å². The second-order valence-electron chi connectivity index (χ2n) is 7.56. The molecule has 29 heavy (non-hydrogen) atoms. The number of aryl methyl sites for hydroxylation is 1. The van der Waals surface area contributed by atoms with Crippen LogP contribution >= 0.6 is 23.2 Å². The molecule has 2 aromatic rings. The van der Waals surface area contributed by atoms with E-state index in [4.69, 9.17) is 23.2 Å². The quantitative estimate of drug-likeness (QED) is 0.595. The second kappa shape index (κ2) is 11.2. The number of nitrogens with one attached hydrogen (secondary N) is 1. The third-order valence-corrected chi connectivity index (χ3v) is 5.26. The molecular weight excluding hydrogens is 407 g/mol. The summed E-state index contributed by atoms with van der Waals surface area (Å²) in [6, 6.07) is 14.4. The molecule has 0 saturated carbocycles. The van der Waals surface area contributed by atoms with Gasteiger partial charge in [0, 0.05) is 29.6 Å². The average Bonchev–Trinajstić information content (AvgIpc) is 2.70. The van der Waals surface area contributed by atoms with Crippen LogP contribution in [0.15, 0.2) is 48.5 Å². The number of carbonyl (C=O) groups is 2. The number of carbonyl (C=O) groups excluding carboxylic acids is 2. The molecule has 0 aliphatic carbocycles. The molecule has 6 heteroatoms. The van der Waals surface area contributed by atoms with Crippen LogP contribution in [0.5, 0.6) is 0 Å². The zero-order valence-electron chi connectivity index (χ0n) is 17.1. The Kier molecular flexibility index (Phi) is 8.99. The Bertz CT molecular complexity index is 825. The van der Waals surface area contributed by atoms with E-state index in [9.17, 15) is 9.59 Å². The standard InChI is InChI=1S/C23H28Cl2N2O2/c1-16(2)14-26-23(29)17(3)27(15-19-10-11-20(24)13-21(19)25)22(28)12-9-18-7-5-4-6-8-18/h4-8,10-11,13,16-17H,9,12,14-15H2,1-3H3,(H,26,29)/t17-/m1/s1. The Hall–Kier alpha value is -2.04. The number of benzene rings is 2. The maximum Gasteiger partial charge on any atom is 0.242 e. The number of nitrogens with zero attached hydrogens (tertiary/aromatic N) is 1. The molecule has 156 valence electrons. The summed E-state index contributed by atoms with van der Waals surface area (Å²) in [5, 5.41) is 3.92. The van der Waals surface area contributed by atoms with Gasteiger partial charge in [-0.15, -0.1) is 0 Å². The lowest BCUT2D eigenvalue weighted by molar-refractivity contribution is -0.140. The summed E-state index contributed by atoms with van der Waals surface area (Å²) in [6.45, 7) is 6.62. The number of halogens is 2. The van der Waals surface area contributed by atoms with E-state index in [0.29, 0.717) is 35.3 Å². The van der Waals surface area contributed by atoms with Crippen molar-refractivity contribution in [2.45, 2.75) is 46.2 Å². The summed E-state index contributed by atoms with van der Waals surface area (Å²) in [4.78, 5) is 27.3. The lowest BCUT2D eigenvalue weighted by Crippen LogP contribution is -2.48. The van der Waals surface area contributed by atoms with E-state index >= 15 is 0 Å². The van der Waals surface area contributed by atoms with E-state index in [1.807, 2.05) is 44.2 Å². The van der Waals surface area contributed by atoms with Crippen molar-refractivity contribution in [3.63, 3.8) is 0 Å².